The van der Waals surface area contributed by atoms with Gasteiger partial charge in [-0.2, -0.15) is 0 Å². The van der Waals surface area contributed by atoms with E-state index in [2.05, 4.69) is 4.98 Å². The molecule has 11 heteroatoms. The lowest BCUT2D eigenvalue weighted by Gasteiger charge is -2.40. The van der Waals surface area contributed by atoms with E-state index in [1.54, 1.807) is 12.3 Å². The molecule has 8 nitrogen and oxygen atoms in total. The molecular weight excluding hydrogens is 420 g/mol. The van der Waals surface area contributed by atoms with Gasteiger partial charge < -0.3 is 4.74 Å². The van der Waals surface area contributed by atoms with E-state index in [-0.39, 0.29) is 57.9 Å². The number of aromatic nitrogens is 1. The number of nitrogens with one attached hydrogen (secondary N) is 1. The van der Waals surface area contributed by atoms with Crippen LogP contribution in [0.3, 0.4) is 0 Å². The molecule has 0 spiro atoms. The van der Waals surface area contributed by atoms with Gasteiger partial charge in [-0.3, -0.25) is 15.0 Å². The molecule has 168 valence electrons. The third-order valence-electron chi connectivity index (χ3n) is 6.02. The number of aryl methyl sites for hydroxylation is 1. The van der Waals surface area contributed by atoms with Crippen molar-refractivity contribution in [1.82, 2.24) is 14.8 Å². The fourth-order valence-corrected chi connectivity index (χ4v) is 6.29. The van der Waals surface area contributed by atoms with Gasteiger partial charge in [0.25, 0.3) is 5.91 Å². The minimum absolute atomic E-state index is 0.0106. The Hall–Kier alpha value is -1.69. The van der Waals surface area contributed by atoms with Crippen LogP contribution < -0.4 is 5.48 Å². The number of amides is 1. The molecule has 1 aromatic rings. The lowest BCUT2D eigenvalue weighted by atomic mass is 9.94. The Morgan fingerprint density at radius 2 is 1.97 bits per heavy atom. The first-order chi connectivity index (χ1) is 14.3. The molecule has 0 unspecified atom stereocenters. The summed E-state index contributed by atoms with van der Waals surface area (Å²) in [7, 11) is -4.00. The zero-order valence-electron chi connectivity index (χ0n) is 16.6. The largest absolute Gasteiger partial charge is 0.381 e. The predicted octanol–water partition coefficient (Wildman–Crippen LogP) is 1.84. The van der Waals surface area contributed by atoms with Crippen LogP contribution in [-0.4, -0.2) is 66.3 Å². The van der Waals surface area contributed by atoms with Crippen molar-refractivity contribution in [2.75, 3.05) is 26.3 Å². The number of hydrogen-bond acceptors (Lipinski definition) is 6. The summed E-state index contributed by atoms with van der Waals surface area (Å²) in [6, 6.07) is 3.60. The van der Waals surface area contributed by atoms with E-state index in [1.807, 2.05) is 6.07 Å². The van der Waals surface area contributed by atoms with Crippen molar-refractivity contribution < 1.29 is 31.9 Å². The van der Waals surface area contributed by atoms with Gasteiger partial charge in [0.05, 0.1) is 0 Å². The van der Waals surface area contributed by atoms with Crippen molar-refractivity contribution in [1.29, 1.82) is 0 Å². The van der Waals surface area contributed by atoms with Crippen molar-refractivity contribution in [3.05, 3.63) is 29.6 Å². The molecule has 1 aromatic heterocycles. The van der Waals surface area contributed by atoms with E-state index < -0.39 is 27.1 Å². The fourth-order valence-electron chi connectivity index (χ4n) is 4.15. The molecule has 0 aromatic carbocycles. The molecule has 2 fully saturated rings. The molecule has 2 saturated heterocycles. The van der Waals surface area contributed by atoms with Gasteiger partial charge >= 0.3 is 0 Å². The Labute approximate surface area is 174 Å². The van der Waals surface area contributed by atoms with Gasteiger partial charge in [0.2, 0.25) is 16.4 Å². The molecule has 0 bridgehead atoms. The molecule has 3 rings (SSSR count). The highest BCUT2D eigenvalue weighted by atomic mass is 32.2. The fraction of sp³-hybridized carbons (Fsp3) is 0.684. The zero-order valence-corrected chi connectivity index (χ0v) is 17.4. The van der Waals surface area contributed by atoms with Gasteiger partial charge in [-0.15, -0.1) is 0 Å². The molecule has 0 saturated carbocycles. The van der Waals surface area contributed by atoms with Crippen LogP contribution >= 0.6 is 0 Å². The molecular formula is C19H27F2N3O5S. The molecule has 2 N–H and O–H groups in total. The van der Waals surface area contributed by atoms with E-state index in [1.165, 1.54) is 9.79 Å². The van der Waals surface area contributed by atoms with Gasteiger partial charge in [0.15, 0.2) is 4.75 Å². The maximum atomic E-state index is 13.3. The third kappa shape index (κ3) is 4.63. The van der Waals surface area contributed by atoms with Crippen molar-refractivity contribution in [2.45, 2.75) is 55.6 Å². The number of rotatable bonds is 7. The SMILES string of the molecule is O=C(NO)C1(S(=O)(=O)N2CCC(c3ccc(CCC(F)F)cn3)CC2)CCOCC1. The lowest BCUT2D eigenvalue weighted by molar-refractivity contribution is -0.134. The van der Waals surface area contributed by atoms with E-state index in [4.69, 9.17) is 9.94 Å². The minimum atomic E-state index is -4.00. The zero-order chi connectivity index (χ0) is 21.8. The van der Waals surface area contributed by atoms with Gasteiger partial charge in [-0.1, -0.05) is 6.07 Å². The first-order valence-corrected chi connectivity index (χ1v) is 11.5. The third-order valence-corrected chi connectivity index (χ3v) is 8.65. The molecule has 3 heterocycles. The number of nitrogens with zero attached hydrogens (tertiary/aromatic N) is 2. The van der Waals surface area contributed by atoms with Crippen LogP contribution in [0, 0.1) is 0 Å². The Morgan fingerprint density at radius 3 is 2.50 bits per heavy atom. The molecule has 2 aliphatic heterocycles. The Morgan fingerprint density at radius 1 is 1.30 bits per heavy atom. The summed E-state index contributed by atoms with van der Waals surface area (Å²) in [5.74, 6) is -0.869. The summed E-state index contributed by atoms with van der Waals surface area (Å²) in [5.41, 5.74) is 3.07. The molecule has 0 atom stereocenters. The summed E-state index contributed by atoms with van der Waals surface area (Å²) in [4.78, 5) is 16.7. The normalized spacial score (nSPS) is 20.9. The maximum Gasteiger partial charge on any atom is 0.266 e. The predicted molar refractivity (Wildman–Crippen MR) is 104 cm³/mol. The van der Waals surface area contributed by atoms with Crippen LogP contribution in [-0.2, 0) is 26.0 Å². The highest BCUT2D eigenvalue weighted by Crippen LogP contribution is 2.36. The maximum absolute atomic E-state index is 13.3. The monoisotopic (exact) mass is 447 g/mol. The number of sulfonamides is 1. The highest BCUT2D eigenvalue weighted by Gasteiger charge is 2.54. The van der Waals surface area contributed by atoms with E-state index in [0.29, 0.717) is 12.8 Å². The first-order valence-electron chi connectivity index (χ1n) is 10.0. The molecule has 0 radical (unpaired) electrons. The van der Waals surface area contributed by atoms with Crippen molar-refractivity contribution in [3.8, 4) is 0 Å². The van der Waals surface area contributed by atoms with Crippen molar-refractivity contribution in [2.24, 2.45) is 0 Å². The molecule has 2 aliphatic rings. The number of carbonyl (C=O) groups is 1. The van der Waals surface area contributed by atoms with E-state index in [9.17, 15) is 22.0 Å². The molecule has 30 heavy (non-hydrogen) atoms. The molecule has 0 aliphatic carbocycles. The second-order valence-corrected chi connectivity index (χ2v) is 10.00. The first kappa shape index (κ1) is 23.0. The quantitative estimate of drug-likeness (QED) is 0.488. The van der Waals surface area contributed by atoms with Crippen LogP contribution in [0.1, 0.15) is 49.3 Å². The van der Waals surface area contributed by atoms with Crippen LogP contribution in [0.5, 0.6) is 0 Å². The second-order valence-electron chi connectivity index (χ2n) is 7.75. The Kier molecular flexibility index (Phi) is 7.38. The van der Waals surface area contributed by atoms with Gasteiger partial charge in [0, 0.05) is 63.4 Å². The summed E-state index contributed by atoms with van der Waals surface area (Å²) in [6.07, 6.45) is 0.371. The van der Waals surface area contributed by atoms with Gasteiger partial charge in [0.1, 0.15) is 0 Å². The standard InChI is InChI=1S/C19H27F2N3O5S/c20-17(21)4-2-14-1-3-16(22-13-14)15-5-9-24(10-6-15)30(27,28)19(18(25)23-26)7-11-29-12-8-19/h1,3,13,15,17,26H,2,4-12H2,(H,23,25). The number of ether oxygens (including phenoxy) is 1. The van der Waals surface area contributed by atoms with Crippen molar-refractivity contribution in [3.63, 3.8) is 0 Å². The summed E-state index contributed by atoms with van der Waals surface area (Å²) >= 11 is 0. The van der Waals surface area contributed by atoms with Gasteiger partial charge in [-0.05, 0) is 30.9 Å². The van der Waals surface area contributed by atoms with Crippen LogP contribution in [0.4, 0.5) is 8.78 Å². The number of pyridine rings is 1. The lowest BCUT2D eigenvalue weighted by Crippen LogP contribution is -2.60. The van der Waals surface area contributed by atoms with Crippen molar-refractivity contribution >= 4 is 15.9 Å². The average Bonchev–Trinajstić information content (AvgIpc) is 2.78. The van der Waals surface area contributed by atoms with Gasteiger partial charge in [-0.25, -0.2) is 27.0 Å². The highest BCUT2D eigenvalue weighted by molar-refractivity contribution is 7.91. The Bertz CT molecular complexity index is 821. The number of carbonyl (C=O) groups excluding carboxylic acids is 1. The smallest absolute Gasteiger partial charge is 0.266 e. The number of hydroxylamine groups is 1. The Balaban J connectivity index is 1.66. The summed E-state index contributed by atoms with van der Waals surface area (Å²) in [5, 5.41) is 9.12. The molecule has 1 amide bonds. The average molecular weight is 448 g/mol. The van der Waals surface area contributed by atoms with E-state index >= 15 is 0 Å². The van der Waals surface area contributed by atoms with Crippen LogP contribution in [0.2, 0.25) is 0 Å². The second kappa shape index (κ2) is 9.63. The van der Waals surface area contributed by atoms with Crippen LogP contribution in [0.25, 0.3) is 0 Å². The number of halogens is 2. The number of piperidine rings is 1. The number of alkyl halides is 2. The minimum Gasteiger partial charge on any atom is -0.381 e. The summed E-state index contributed by atoms with van der Waals surface area (Å²) < 4.78 is 56.1. The van der Waals surface area contributed by atoms with E-state index in [0.717, 1.165) is 11.3 Å². The summed E-state index contributed by atoms with van der Waals surface area (Å²) in [6.45, 7) is 0.738. The topological polar surface area (TPSA) is 109 Å². The van der Waals surface area contributed by atoms with Crippen LogP contribution in [0.15, 0.2) is 18.3 Å². The number of hydrogen-bond donors (Lipinski definition) is 2.